The lowest BCUT2D eigenvalue weighted by atomic mass is 9.91. The third kappa shape index (κ3) is 5.40. The molecule has 0 aliphatic carbocycles. The summed E-state index contributed by atoms with van der Waals surface area (Å²) in [4.78, 5) is 0. The van der Waals surface area contributed by atoms with E-state index in [1.165, 1.54) is 6.92 Å². The van der Waals surface area contributed by atoms with E-state index in [1.54, 1.807) is 0 Å². The second kappa shape index (κ2) is 8.93. The average Bonchev–Trinajstić information content (AvgIpc) is 2.48. The second-order valence-corrected chi connectivity index (χ2v) is 5.15. The highest BCUT2D eigenvalue weighted by Gasteiger charge is 2.41. The van der Waals surface area contributed by atoms with E-state index in [-0.39, 0.29) is 6.42 Å². The standard InChI is InChI=1S/C12H26O9/c1-3-5(14)7(16)9(18)11(20)12(21)10(19)8(17)6(15)4(2)13/h4-21H,3H2,1-2H3. The zero-order valence-corrected chi connectivity index (χ0v) is 11.9. The van der Waals surface area contributed by atoms with E-state index in [4.69, 9.17) is 5.11 Å². The Morgan fingerprint density at radius 1 is 0.524 bits per heavy atom. The fourth-order valence-electron chi connectivity index (χ4n) is 1.76. The highest BCUT2D eigenvalue weighted by molar-refractivity contribution is 4.91. The van der Waals surface area contributed by atoms with Crippen molar-refractivity contribution in [2.75, 3.05) is 0 Å². The molecule has 0 aromatic carbocycles. The van der Waals surface area contributed by atoms with Crippen LogP contribution in [0.3, 0.4) is 0 Å². The summed E-state index contributed by atoms with van der Waals surface area (Å²) in [5, 5.41) is 85.4. The van der Waals surface area contributed by atoms with E-state index in [9.17, 15) is 40.9 Å². The van der Waals surface area contributed by atoms with Crippen LogP contribution in [0, 0.1) is 0 Å². The second-order valence-electron chi connectivity index (χ2n) is 5.15. The minimum absolute atomic E-state index is 0.0764. The van der Waals surface area contributed by atoms with E-state index < -0.39 is 54.9 Å². The summed E-state index contributed by atoms with van der Waals surface area (Å²) >= 11 is 0. The van der Waals surface area contributed by atoms with Crippen LogP contribution in [0.1, 0.15) is 20.3 Å². The van der Waals surface area contributed by atoms with Gasteiger partial charge in [0.2, 0.25) is 0 Å². The predicted octanol–water partition coefficient (Wildman–Crippen LogP) is -4.34. The molecule has 0 saturated carbocycles. The Kier molecular flexibility index (Phi) is 8.78. The highest BCUT2D eigenvalue weighted by Crippen LogP contribution is 2.16. The molecule has 0 spiro atoms. The minimum Gasteiger partial charge on any atom is -0.391 e. The normalized spacial score (nSPS) is 25.3. The average molecular weight is 314 g/mol. The van der Waals surface area contributed by atoms with Crippen molar-refractivity contribution in [1.29, 1.82) is 0 Å². The van der Waals surface area contributed by atoms with Crippen molar-refractivity contribution in [2.45, 2.75) is 75.2 Å². The number of aliphatic hydroxyl groups is 9. The van der Waals surface area contributed by atoms with Gasteiger partial charge in [0.05, 0.1) is 12.2 Å². The van der Waals surface area contributed by atoms with Gasteiger partial charge in [-0.1, -0.05) is 6.92 Å². The van der Waals surface area contributed by atoms with Gasteiger partial charge in [-0.2, -0.15) is 0 Å². The van der Waals surface area contributed by atoms with Crippen molar-refractivity contribution in [3.63, 3.8) is 0 Å². The first-order valence-electron chi connectivity index (χ1n) is 6.68. The quantitative estimate of drug-likeness (QED) is 0.203. The number of hydrogen-bond donors (Lipinski definition) is 9. The molecule has 9 atom stereocenters. The largest absolute Gasteiger partial charge is 0.391 e. The molecular formula is C12H26O9. The van der Waals surface area contributed by atoms with E-state index in [2.05, 4.69) is 0 Å². The number of rotatable bonds is 9. The Morgan fingerprint density at radius 3 is 1.10 bits per heavy atom. The fourth-order valence-corrected chi connectivity index (χ4v) is 1.76. The molecule has 0 aromatic heterocycles. The van der Waals surface area contributed by atoms with Crippen molar-refractivity contribution in [3.05, 3.63) is 0 Å². The molecule has 9 nitrogen and oxygen atoms in total. The van der Waals surface area contributed by atoms with Gasteiger partial charge in [0.1, 0.15) is 42.7 Å². The summed E-state index contributed by atoms with van der Waals surface area (Å²) in [6, 6.07) is 0. The van der Waals surface area contributed by atoms with Crippen LogP contribution < -0.4 is 0 Å². The van der Waals surface area contributed by atoms with Crippen LogP contribution in [0.2, 0.25) is 0 Å². The van der Waals surface area contributed by atoms with Gasteiger partial charge in [0.15, 0.2) is 0 Å². The molecule has 128 valence electrons. The van der Waals surface area contributed by atoms with Gasteiger partial charge in [-0.05, 0) is 13.3 Å². The van der Waals surface area contributed by atoms with Crippen molar-refractivity contribution < 1.29 is 46.0 Å². The predicted molar refractivity (Wildman–Crippen MR) is 70.0 cm³/mol. The summed E-state index contributed by atoms with van der Waals surface area (Å²) in [5.41, 5.74) is 0. The zero-order valence-electron chi connectivity index (χ0n) is 11.9. The van der Waals surface area contributed by atoms with Crippen LogP contribution in [-0.4, -0.2) is 101 Å². The fraction of sp³-hybridized carbons (Fsp3) is 1.00. The van der Waals surface area contributed by atoms with Crippen molar-refractivity contribution >= 4 is 0 Å². The van der Waals surface area contributed by atoms with E-state index in [0.29, 0.717) is 0 Å². The summed E-state index contributed by atoms with van der Waals surface area (Å²) in [6.45, 7) is 2.65. The molecule has 0 saturated heterocycles. The molecule has 21 heavy (non-hydrogen) atoms. The van der Waals surface area contributed by atoms with Crippen LogP contribution in [0.5, 0.6) is 0 Å². The minimum atomic E-state index is -2.12. The molecule has 9 heteroatoms. The Morgan fingerprint density at radius 2 is 0.810 bits per heavy atom. The van der Waals surface area contributed by atoms with Crippen LogP contribution in [0.15, 0.2) is 0 Å². The van der Waals surface area contributed by atoms with Crippen LogP contribution in [-0.2, 0) is 0 Å². The maximum absolute atomic E-state index is 9.66. The molecule has 0 rings (SSSR count). The summed E-state index contributed by atoms with van der Waals surface area (Å²) in [7, 11) is 0. The maximum atomic E-state index is 9.66. The third-order valence-corrected chi connectivity index (χ3v) is 3.41. The Balaban J connectivity index is 4.79. The van der Waals surface area contributed by atoms with Gasteiger partial charge < -0.3 is 46.0 Å². The first kappa shape index (κ1) is 20.6. The van der Waals surface area contributed by atoms with Gasteiger partial charge in [-0.3, -0.25) is 0 Å². The lowest BCUT2D eigenvalue weighted by molar-refractivity contribution is -0.183. The van der Waals surface area contributed by atoms with Gasteiger partial charge >= 0.3 is 0 Å². The van der Waals surface area contributed by atoms with E-state index in [0.717, 1.165) is 6.92 Å². The SMILES string of the molecule is CCC(O)C(O)C(O)C(O)C(O)C(O)C(O)C(O)C(C)O. The maximum Gasteiger partial charge on any atom is 0.111 e. The first-order valence-corrected chi connectivity index (χ1v) is 6.68. The van der Waals surface area contributed by atoms with Crippen molar-refractivity contribution in [1.82, 2.24) is 0 Å². The molecule has 0 heterocycles. The third-order valence-electron chi connectivity index (χ3n) is 3.41. The van der Waals surface area contributed by atoms with Crippen LogP contribution in [0.25, 0.3) is 0 Å². The van der Waals surface area contributed by atoms with Crippen molar-refractivity contribution in [3.8, 4) is 0 Å². The topological polar surface area (TPSA) is 182 Å². The molecule has 0 fully saturated rings. The Bertz CT molecular complexity index is 288. The van der Waals surface area contributed by atoms with Gasteiger partial charge in [0, 0.05) is 0 Å². The van der Waals surface area contributed by atoms with Gasteiger partial charge in [-0.25, -0.2) is 0 Å². The van der Waals surface area contributed by atoms with Gasteiger partial charge in [-0.15, -0.1) is 0 Å². The van der Waals surface area contributed by atoms with Gasteiger partial charge in [0.25, 0.3) is 0 Å². The molecule has 0 radical (unpaired) electrons. The zero-order chi connectivity index (χ0) is 16.9. The lowest BCUT2D eigenvalue weighted by Crippen LogP contribution is -2.57. The lowest BCUT2D eigenvalue weighted by Gasteiger charge is -2.33. The molecular weight excluding hydrogens is 288 g/mol. The Labute approximate surface area is 122 Å². The summed E-state index contributed by atoms with van der Waals surface area (Å²) in [5.74, 6) is 0. The summed E-state index contributed by atoms with van der Waals surface area (Å²) < 4.78 is 0. The molecule has 0 aliphatic rings. The number of hydrogen-bond acceptors (Lipinski definition) is 9. The Hall–Kier alpha value is -0.360. The summed E-state index contributed by atoms with van der Waals surface area (Å²) in [6.07, 6.45) is -16.5. The van der Waals surface area contributed by atoms with Crippen LogP contribution in [0.4, 0.5) is 0 Å². The molecule has 0 aromatic rings. The van der Waals surface area contributed by atoms with E-state index in [1.807, 2.05) is 0 Å². The van der Waals surface area contributed by atoms with Crippen LogP contribution >= 0.6 is 0 Å². The molecule has 0 aliphatic heterocycles. The molecule has 0 bridgehead atoms. The molecule has 9 unspecified atom stereocenters. The monoisotopic (exact) mass is 314 g/mol. The van der Waals surface area contributed by atoms with E-state index >= 15 is 0 Å². The first-order chi connectivity index (χ1) is 9.56. The molecule has 0 amide bonds. The highest BCUT2D eigenvalue weighted by atomic mass is 16.4. The number of aliphatic hydroxyl groups excluding tert-OH is 9. The van der Waals surface area contributed by atoms with Crippen molar-refractivity contribution in [2.24, 2.45) is 0 Å². The smallest absolute Gasteiger partial charge is 0.111 e. The molecule has 9 N–H and O–H groups in total.